The molecule has 2 aliphatic rings. The van der Waals surface area contributed by atoms with Gasteiger partial charge in [-0.1, -0.05) is 25.7 Å². The van der Waals surface area contributed by atoms with Crippen LogP contribution in [0.1, 0.15) is 58.3 Å². The lowest BCUT2D eigenvalue weighted by Crippen LogP contribution is -2.44. The Morgan fingerprint density at radius 1 is 0.947 bits per heavy atom. The van der Waals surface area contributed by atoms with Gasteiger partial charge in [0.05, 0.1) is 0 Å². The summed E-state index contributed by atoms with van der Waals surface area (Å²) in [6.07, 6.45) is 9.01. The lowest BCUT2D eigenvalue weighted by molar-refractivity contribution is -0.134. The first kappa shape index (κ1) is 14.4. The van der Waals surface area contributed by atoms with E-state index in [9.17, 15) is 9.59 Å². The maximum atomic E-state index is 12.2. The molecule has 1 N–H and O–H groups in total. The highest BCUT2D eigenvalue weighted by molar-refractivity contribution is 5.79. The third kappa shape index (κ3) is 4.22. The Labute approximate surface area is 115 Å². The quantitative estimate of drug-likeness (QED) is 0.778. The molecule has 4 heteroatoms. The van der Waals surface area contributed by atoms with Gasteiger partial charge in [0.2, 0.25) is 11.8 Å². The number of piperidine rings is 1. The summed E-state index contributed by atoms with van der Waals surface area (Å²) in [5.41, 5.74) is 0. The van der Waals surface area contributed by atoms with Gasteiger partial charge >= 0.3 is 0 Å². The normalized spacial score (nSPS) is 22.9. The van der Waals surface area contributed by atoms with Gasteiger partial charge in [-0.25, -0.2) is 0 Å². The van der Waals surface area contributed by atoms with Crippen LogP contribution in [0.3, 0.4) is 0 Å². The van der Waals surface area contributed by atoms with E-state index in [1.165, 1.54) is 25.7 Å². The number of hydrogen-bond donors (Lipinski definition) is 1. The van der Waals surface area contributed by atoms with Crippen LogP contribution in [-0.4, -0.2) is 35.8 Å². The van der Waals surface area contributed by atoms with Crippen molar-refractivity contribution in [3.8, 4) is 0 Å². The van der Waals surface area contributed by atoms with Crippen LogP contribution in [0.25, 0.3) is 0 Å². The average molecular weight is 266 g/mol. The molecule has 19 heavy (non-hydrogen) atoms. The van der Waals surface area contributed by atoms with Gasteiger partial charge in [-0.15, -0.1) is 0 Å². The summed E-state index contributed by atoms with van der Waals surface area (Å²) in [4.78, 5) is 25.3. The molecule has 0 bridgehead atoms. The fraction of sp³-hybridized carbons (Fsp3) is 0.867. The van der Waals surface area contributed by atoms with Crippen molar-refractivity contribution in [3.63, 3.8) is 0 Å². The molecule has 0 aromatic carbocycles. The second-order valence-electron chi connectivity index (χ2n) is 5.98. The van der Waals surface area contributed by atoms with Gasteiger partial charge in [0.1, 0.15) is 0 Å². The fourth-order valence-corrected chi connectivity index (χ4v) is 3.20. The van der Waals surface area contributed by atoms with E-state index in [0.717, 1.165) is 38.8 Å². The number of carbonyl (C=O) groups is 2. The fourth-order valence-electron chi connectivity index (χ4n) is 3.20. The molecule has 0 aromatic heterocycles. The highest BCUT2D eigenvalue weighted by Gasteiger charge is 2.27. The number of nitrogens with zero attached hydrogens (tertiary/aromatic N) is 1. The van der Waals surface area contributed by atoms with Crippen LogP contribution in [0.5, 0.6) is 0 Å². The second-order valence-corrected chi connectivity index (χ2v) is 5.98. The Morgan fingerprint density at radius 3 is 2.05 bits per heavy atom. The lowest BCUT2D eigenvalue weighted by atomic mass is 9.95. The van der Waals surface area contributed by atoms with Crippen molar-refractivity contribution in [3.05, 3.63) is 0 Å². The van der Waals surface area contributed by atoms with Crippen LogP contribution in [0.2, 0.25) is 0 Å². The first-order valence-corrected chi connectivity index (χ1v) is 7.72. The summed E-state index contributed by atoms with van der Waals surface area (Å²) < 4.78 is 0. The molecule has 1 saturated carbocycles. The molecule has 0 unspecified atom stereocenters. The van der Waals surface area contributed by atoms with E-state index in [4.69, 9.17) is 0 Å². The molecule has 0 aromatic rings. The van der Waals surface area contributed by atoms with Gasteiger partial charge in [-0.2, -0.15) is 0 Å². The molecule has 1 heterocycles. The molecule has 0 spiro atoms. The predicted octanol–water partition coefficient (Wildman–Crippen LogP) is 2.08. The summed E-state index contributed by atoms with van der Waals surface area (Å²) in [7, 11) is 0. The number of amides is 2. The standard InChI is InChI=1S/C15H26N2O2/c1-12(18)17-10-8-13(9-11-17)15(19)16-14-6-4-2-3-5-7-14/h13-14H,2-11H2,1H3,(H,16,19). The van der Waals surface area contributed by atoms with E-state index in [2.05, 4.69) is 5.32 Å². The van der Waals surface area contributed by atoms with E-state index < -0.39 is 0 Å². The summed E-state index contributed by atoms with van der Waals surface area (Å²) >= 11 is 0. The third-order valence-corrected chi connectivity index (χ3v) is 4.51. The van der Waals surface area contributed by atoms with Gasteiger partial charge in [0.25, 0.3) is 0 Å². The van der Waals surface area contributed by atoms with Gasteiger partial charge in [0, 0.05) is 32.0 Å². The SMILES string of the molecule is CC(=O)N1CCC(C(=O)NC2CCCCCC2)CC1. The molecule has 1 saturated heterocycles. The van der Waals surface area contributed by atoms with Crippen molar-refractivity contribution in [2.75, 3.05) is 13.1 Å². The summed E-state index contributed by atoms with van der Waals surface area (Å²) in [6.45, 7) is 3.07. The average Bonchev–Trinajstić information content (AvgIpc) is 2.67. The topological polar surface area (TPSA) is 49.4 Å². The molecule has 1 aliphatic heterocycles. The van der Waals surface area contributed by atoms with Crippen molar-refractivity contribution in [1.82, 2.24) is 10.2 Å². The molecule has 1 aliphatic carbocycles. The molecule has 2 amide bonds. The minimum Gasteiger partial charge on any atom is -0.353 e. The molecule has 2 rings (SSSR count). The largest absolute Gasteiger partial charge is 0.353 e. The predicted molar refractivity (Wildman–Crippen MR) is 74.6 cm³/mol. The Bertz CT molecular complexity index is 314. The number of nitrogens with one attached hydrogen (secondary N) is 1. The van der Waals surface area contributed by atoms with E-state index in [0.29, 0.717) is 6.04 Å². The molecule has 4 nitrogen and oxygen atoms in total. The van der Waals surface area contributed by atoms with Crippen LogP contribution < -0.4 is 5.32 Å². The molecule has 0 atom stereocenters. The first-order chi connectivity index (χ1) is 9.16. The van der Waals surface area contributed by atoms with E-state index >= 15 is 0 Å². The molecule has 108 valence electrons. The van der Waals surface area contributed by atoms with E-state index in [-0.39, 0.29) is 17.7 Å². The molecular weight excluding hydrogens is 240 g/mol. The summed E-state index contributed by atoms with van der Waals surface area (Å²) in [5, 5.41) is 3.23. The van der Waals surface area contributed by atoms with Gasteiger partial charge < -0.3 is 10.2 Å². The van der Waals surface area contributed by atoms with Crippen LogP contribution in [-0.2, 0) is 9.59 Å². The van der Waals surface area contributed by atoms with Crippen molar-refractivity contribution in [2.24, 2.45) is 5.92 Å². The zero-order valence-corrected chi connectivity index (χ0v) is 12.0. The van der Waals surface area contributed by atoms with Crippen molar-refractivity contribution in [2.45, 2.75) is 64.3 Å². The zero-order chi connectivity index (χ0) is 13.7. The van der Waals surface area contributed by atoms with Crippen molar-refractivity contribution in [1.29, 1.82) is 0 Å². The van der Waals surface area contributed by atoms with Crippen LogP contribution in [0, 0.1) is 5.92 Å². The monoisotopic (exact) mass is 266 g/mol. The number of carbonyl (C=O) groups excluding carboxylic acids is 2. The van der Waals surface area contributed by atoms with Crippen LogP contribution in [0.4, 0.5) is 0 Å². The summed E-state index contributed by atoms with van der Waals surface area (Å²) in [5.74, 6) is 0.455. The van der Waals surface area contributed by atoms with Crippen molar-refractivity contribution < 1.29 is 9.59 Å². The first-order valence-electron chi connectivity index (χ1n) is 7.72. The van der Waals surface area contributed by atoms with E-state index in [1.54, 1.807) is 6.92 Å². The van der Waals surface area contributed by atoms with Gasteiger partial charge in [-0.05, 0) is 25.7 Å². The highest BCUT2D eigenvalue weighted by atomic mass is 16.2. The Hall–Kier alpha value is -1.06. The minimum absolute atomic E-state index is 0.110. The Morgan fingerprint density at radius 2 is 1.53 bits per heavy atom. The third-order valence-electron chi connectivity index (χ3n) is 4.51. The Kier molecular flexibility index (Phi) is 5.23. The highest BCUT2D eigenvalue weighted by Crippen LogP contribution is 2.20. The van der Waals surface area contributed by atoms with Gasteiger partial charge in [-0.3, -0.25) is 9.59 Å². The number of likely N-dealkylation sites (tertiary alicyclic amines) is 1. The number of rotatable bonds is 2. The lowest BCUT2D eigenvalue weighted by Gasteiger charge is -2.31. The maximum absolute atomic E-state index is 12.2. The second kappa shape index (κ2) is 6.92. The summed E-state index contributed by atoms with van der Waals surface area (Å²) in [6, 6.07) is 0.390. The smallest absolute Gasteiger partial charge is 0.223 e. The van der Waals surface area contributed by atoms with Crippen LogP contribution >= 0.6 is 0 Å². The zero-order valence-electron chi connectivity index (χ0n) is 12.0. The molecular formula is C15H26N2O2. The van der Waals surface area contributed by atoms with E-state index in [1.807, 2.05) is 4.90 Å². The minimum atomic E-state index is 0.110. The number of hydrogen-bond acceptors (Lipinski definition) is 2. The molecule has 0 radical (unpaired) electrons. The maximum Gasteiger partial charge on any atom is 0.223 e. The molecule has 2 fully saturated rings. The van der Waals surface area contributed by atoms with Crippen LogP contribution in [0.15, 0.2) is 0 Å². The van der Waals surface area contributed by atoms with Crippen molar-refractivity contribution >= 4 is 11.8 Å². The van der Waals surface area contributed by atoms with Gasteiger partial charge in [0.15, 0.2) is 0 Å². The Balaban J connectivity index is 1.76.